The van der Waals surface area contributed by atoms with Crippen molar-refractivity contribution in [3.05, 3.63) is 66.0 Å². The maximum atomic E-state index is 13.1. The van der Waals surface area contributed by atoms with E-state index in [9.17, 15) is 9.18 Å². The SMILES string of the molecule is CC(=O)c1cc(Nc2cnccn2)nc(N[C@@H](C)c2ccc(F)cc2)n1. The number of benzene rings is 1. The van der Waals surface area contributed by atoms with Crippen LogP contribution in [0.1, 0.15) is 35.9 Å². The zero-order valence-electron chi connectivity index (χ0n) is 14.3. The lowest BCUT2D eigenvalue weighted by Gasteiger charge is -2.15. The van der Waals surface area contributed by atoms with Gasteiger partial charge in [0.25, 0.3) is 0 Å². The van der Waals surface area contributed by atoms with Gasteiger partial charge in [-0.05, 0) is 24.6 Å². The van der Waals surface area contributed by atoms with Crippen LogP contribution in [0.5, 0.6) is 0 Å². The zero-order valence-corrected chi connectivity index (χ0v) is 14.3. The quantitative estimate of drug-likeness (QED) is 0.656. The van der Waals surface area contributed by atoms with Gasteiger partial charge in [-0.25, -0.2) is 14.4 Å². The van der Waals surface area contributed by atoms with Crippen LogP contribution in [-0.4, -0.2) is 25.7 Å². The van der Waals surface area contributed by atoms with Crippen molar-refractivity contribution < 1.29 is 9.18 Å². The maximum absolute atomic E-state index is 13.1. The molecule has 0 bridgehead atoms. The first-order valence-electron chi connectivity index (χ1n) is 7.96. The third-order valence-electron chi connectivity index (χ3n) is 3.62. The largest absolute Gasteiger partial charge is 0.348 e. The van der Waals surface area contributed by atoms with Gasteiger partial charge >= 0.3 is 0 Å². The molecule has 2 aromatic heterocycles. The van der Waals surface area contributed by atoms with Crippen LogP contribution < -0.4 is 10.6 Å². The van der Waals surface area contributed by atoms with Gasteiger partial charge in [-0.2, -0.15) is 4.98 Å². The van der Waals surface area contributed by atoms with Crippen molar-refractivity contribution in [2.45, 2.75) is 19.9 Å². The number of carbonyl (C=O) groups excluding carboxylic acids is 1. The predicted molar refractivity (Wildman–Crippen MR) is 95.8 cm³/mol. The molecule has 3 rings (SSSR count). The number of carbonyl (C=O) groups is 1. The highest BCUT2D eigenvalue weighted by molar-refractivity contribution is 5.93. The standard InChI is InChI=1S/C18H17FN6O/c1-11(13-3-5-14(19)6-4-13)22-18-23-15(12(2)26)9-16(25-18)24-17-10-20-7-8-21-17/h3-11H,1-2H3,(H2,21,22,23,24,25)/t11-/m0/s1. The van der Waals surface area contributed by atoms with Crippen LogP contribution in [0.15, 0.2) is 48.9 Å². The lowest BCUT2D eigenvalue weighted by Crippen LogP contribution is -2.12. The summed E-state index contributed by atoms with van der Waals surface area (Å²) in [5.41, 5.74) is 1.13. The Bertz CT molecular complexity index is 901. The van der Waals surface area contributed by atoms with Gasteiger partial charge in [-0.15, -0.1) is 0 Å². The number of ketones is 1. The minimum absolute atomic E-state index is 0.179. The first-order valence-corrected chi connectivity index (χ1v) is 7.96. The molecule has 3 aromatic rings. The van der Waals surface area contributed by atoms with Crippen molar-refractivity contribution in [3.63, 3.8) is 0 Å². The summed E-state index contributed by atoms with van der Waals surface area (Å²) in [6.07, 6.45) is 4.65. The summed E-state index contributed by atoms with van der Waals surface area (Å²) in [6, 6.07) is 7.51. The smallest absolute Gasteiger partial charge is 0.225 e. The molecule has 1 atom stereocenters. The van der Waals surface area contributed by atoms with Gasteiger partial charge in [0.2, 0.25) is 5.95 Å². The molecule has 0 aliphatic heterocycles. The van der Waals surface area contributed by atoms with Gasteiger partial charge in [0.1, 0.15) is 23.1 Å². The Morgan fingerprint density at radius 2 is 1.88 bits per heavy atom. The second-order valence-corrected chi connectivity index (χ2v) is 5.65. The van der Waals surface area contributed by atoms with E-state index in [0.717, 1.165) is 5.56 Å². The number of nitrogens with zero attached hydrogens (tertiary/aromatic N) is 4. The molecule has 8 heteroatoms. The normalized spacial score (nSPS) is 11.7. The molecule has 1 aromatic carbocycles. The van der Waals surface area contributed by atoms with Crippen LogP contribution in [-0.2, 0) is 0 Å². The molecule has 0 saturated carbocycles. The first kappa shape index (κ1) is 17.4. The molecule has 0 spiro atoms. The van der Waals surface area contributed by atoms with E-state index in [4.69, 9.17) is 0 Å². The van der Waals surface area contributed by atoms with Crippen LogP contribution in [0.4, 0.5) is 22.0 Å². The van der Waals surface area contributed by atoms with Gasteiger partial charge < -0.3 is 10.6 Å². The molecular weight excluding hydrogens is 335 g/mol. The number of nitrogens with one attached hydrogen (secondary N) is 2. The van der Waals surface area contributed by atoms with Crippen molar-refractivity contribution in [3.8, 4) is 0 Å². The highest BCUT2D eigenvalue weighted by Gasteiger charge is 2.12. The van der Waals surface area contributed by atoms with E-state index in [1.54, 1.807) is 36.8 Å². The summed E-state index contributed by atoms with van der Waals surface area (Å²) in [5, 5.41) is 6.12. The maximum Gasteiger partial charge on any atom is 0.225 e. The van der Waals surface area contributed by atoms with Gasteiger partial charge in [0.05, 0.1) is 12.2 Å². The molecule has 2 N–H and O–H groups in total. The van der Waals surface area contributed by atoms with Crippen LogP contribution in [0, 0.1) is 5.82 Å². The lowest BCUT2D eigenvalue weighted by molar-refractivity contribution is 0.101. The molecule has 0 aliphatic carbocycles. The van der Waals surface area contributed by atoms with Gasteiger partial charge in [-0.1, -0.05) is 12.1 Å². The number of aromatic nitrogens is 4. The van der Waals surface area contributed by atoms with Crippen LogP contribution in [0.25, 0.3) is 0 Å². The van der Waals surface area contributed by atoms with Crippen molar-refractivity contribution in [1.29, 1.82) is 0 Å². The van der Waals surface area contributed by atoms with Crippen molar-refractivity contribution in [1.82, 2.24) is 19.9 Å². The molecule has 0 radical (unpaired) electrons. The molecular formula is C18H17FN6O. The minimum atomic E-state index is -0.300. The number of rotatable bonds is 6. The Kier molecular flexibility index (Phi) is 5.12. The number of hydrogen-bond donors (Lipinski definition) is 2. The Balaban J connectivity index is 1.85. The van der Waals surface area contributed by atoms with E-state index in [-0.39, 0.29) is 29.3 Å². The van der Waals surface area contributed by atoms with Crippen molar-refractivity contribution in [2.75, 3.05) is 10.6 Å². The van der Waals surface area contributed by atoms with Gasteiger partial charge in [-0.3, -0.25) is 9.78 Å². The third-order valence-corrected chi connectivity index (χ3v) is 3.62. The Morgan fingerprint density at radius 1 is 1.12 bits per heavy atom. The topological polar surface area (TPSA) is 92.7 Å². The number of hydrogen-bond acceptors (Lipinski definition) is 7. The summed E-state index contributed by atoms with van der Waals surface area (Å²) in [4.78, 5) is 28.5. The van der Waals surface area contributed by atoms with Crippen LogP contribution in [0.3, 0.4) is 0 Å². The number of halogens is 1. The van der Waals surface area contributed by atoms with Crippen molar-refractivity contribution in [2.24, 2.45) is 0 Å². The second kappa shape index (κ2) is 7.64. The van der Waals surface area contributed by atoms with E-state index >= 15 is 0 Å². The van der Waals surface area contributed by atoms with Crippen LogP contribution in [0.2, 0.25) is 0 Å². The molecule has 0 fully saturated rings. The van der Waals surface area contributed by atoms with E-state index in [1.165, 1.54) is 19.1 Å². The number of anilines is 3. The molecule has 7 nitrogen and oxygen atoms in total. The summed E-state index contributed by atoms with van der Waals surface area (Å²) in [5.74, 6) is 0.706. The molecule has 132 valence electrons. The van der Waals surface area contributed by atoms with E-state index in [0.29, 0.717) is 11.6 Å². The third kappa shape index (κ3) is 4.35. The first-order chi connectivity index (χ1) is 12.5. The van der Waals surface area contributed by atoms with Crippen molar-refractivity contribution >= 4 is 23.4 Å². The highest BCUT2D eigenvalue weighted by Crippen LogP contribution is 2.20. The average Bonchev–Trinajstić information content (AvgIpc) is 2.63. The monoisotopic (exact) mass is 352 g/mol. The van der Waals surface area contributed by atoms with Gasteiger partial charge in [0, 0.05) is 25.4 Å². The predicted octanol–water partition coefficient (Wildman–Crippen LogP) is 3.53. The molecule has 26 heavy (non-hydrogen) atoms. The Hall–Kier alpha value is -3.42. The number of Topliss-reactive ketones (excluding diaryl/α,β-unsaturated/α-hetero) is 1. The average molecular weight is 352 g/mol. The summed E-state index contributed by atoms with van der Waals surface area (Å²) in [7, 11) is 0. The highest BCUT2D eigenvalue weighted by atomic mass is 19.1. The summed E-state index contributed by atoms with van der Waals surface area (Å²) < 4.78 is 13.1. The van der Waals surface area contributed by atoms with E-state index in [1.807, 2.05) is 6.92 Å². The molecule has 0 unspecified atom stereocenters. The lowest BCUT2D eigenvalue weighted by atomic mass is 10.1. The van der Waals surface area contributed by atoms with E-state index in [2.05, 4.69) is 30.6 Å². The van der Waals surface area contributed by atoms with E-state index < -0.39 is 0 Å². The fourth-order valence-electron chi connectivity index (χ4n) is 2.28. The molecule has 0 saturated heterocycles. The zero-order chi connectivity index (χ0) is 18.5. The molecule has 2 heterocycles. The fraction of sp³-hybridized carbons (Fsp3) is 0.167. The summed E-state index contributed by atoms with van der Waals surface area (Å²) >= 11 is 0. The second-order valence-electron chi connectivity index (χ2n) is 5.65. The van der Waals surface area contributed by atoms with Gasteiger partial charge in [0.15, 0.2) is 5.78 Å². The Labute approximate surface area is 149 Å². The minimum Gasteiger partial charge on any atom is -0.348 e. The van der Waals surface area contributed by atoms with Crippen LogP contribution >= 0.6 is 0 Å². The molecule has 0 aliphatic rings. The Morgan fingerprint density at radius 3 is 2.54 bits per heavy atom. The fourth-order valence-corrected chi connectivity index (χ4v) is 2.28. The summed E-state index contributed by atoms with van der Waals surface area (Å²) in [6.45, 7) is 3.33. The molecule has 0 amide bonds.